The van der Waals surface area contributed by atoms with Gasteiger partial charge in [0.2, 0.25) is 0 Å². The summed E-state index contributed by atoms with van der Waals surface area (Å²) >= 11 is 0. The first-order valence-corrected chi connectivity index (χ1v) is 31.8. The fourth-order valence-electron chi connectivity index (χ4n) is 5.86. The maximum absolute atomic E-state index is 2.52. The molecule has 2 aromatic rings. The molecule has 0 spiro atoms. The molecule has 2 aliphatic heterocycles. The molecule has 0 atom stereocenters. The van der Waals surface area contributed by atoms with Gasteiger partial charge in [-0.15, -0.1) is 0 Å². The monoisotopic (exact) mass is 840 g/mol. The first-order valence-electron chi connectivity index (χ1n) is 16.0. The summed E-state index contributed by atoms with van der Waals surface area (Å²) in [7, 11) is -2.10. The summed E-state index contributed by atoms with van der Waals surface area (Å²) in [5.74, 6) is 0. The maximum atomic E-state index is 2.52. The Balaban J connectivity index is 0.000000307. The Bertz CT molecular complexity index is 1620. The summed E-state index contributed by atoms with van der Waals surface area (Å²) in [5, 5.41) is 6.56. The third-order valence-electron chi connectivity index (χ3n) is 8.53. The Hall–Kier alpha value is -0.449. The normalized spacial score (nSPS) is 17.7. The molecule has 0 radical (unpaired) electrons. The molecule has 0 aromatic heterocycles. The molecule has 0 nitrogen and oxygen atoms in total. The minimum Gasteiger partial charge on any atom is -1.00 e. The zero-order valence-corrected chi connectivity index (χ0v) is 40.0. The van der Waals surface area contributed by atoms with Crippen molar-refractivity contribution in [1.82, 2.24) is 0 Å². The summed E-state index contributed by atoms with van der Waals surface area (Å²) in [4.78, 5) is 3.38. The van der Waals surface area contributed by atoms with Gasteiger partial charge < -0.3 is 24.8 Å². The number of halogens is 2. The van der Waals surface area contributed by atoms with Crippen molar-refractivity contribution in [3.05, 3.63) is 128 Å². The molecule has 47 heavy (non-hydrogen) atoms. The SMILES string of the molecule is C[Si](C)(C)C1=PC2=C([Si](C)(C)C)C=C(c3ccccc3)C2=C1.C[Si](C)(C)C1=PC2=C([Si](C)(C)C)C=C(c3ccccc3)C2=C1.[Cl-].[Cl-].[Zr+2]. The molecule has 9 heteroatoms. The summed E-state index contributed by atoms with van der Waals surface area (Å²) in [6.45, 7) is 29.6. The van der Waals surface area contributed by atoms with Crippen LogP contribution in [0.1, 0.15) is 11.1 Å². The van der Waals surface area contributed by atoms with Crippen LogP contribution >= 0.6 is 16.4 Å². The number of rotatable bonds is 6. The quantitative estimate of drug-likeness (QED) is 0.237. The minimum absolute atomic E-state index is 0. The van der Waals surface area contributed by atoms with Crippen molar-refractivity contribution in [2.75, 3.05) is 0 Å². The van der Waals surface area contributed by atoms with Gasteiger partial charge in [-0.25, -0.2) is 0 Å². The van der Waals surface area contributed by atoms with E-state index in [1.807, 2.05) is 0 Å². The molecule has 2 aromatic carbocycles. The predicted octanol–water partition coefficient (Wildman–Crippen LogP) is 6.31. The van der Waals surface area contributed by atoms with E-state index in [4.69, 9.17) is 0 Å². The van der Waals surface area contributed by atoms with Crippen molar-refractivity contribution in [3.8, 4) is 0 Å². The molecule has 0 fully saturated rings. The van der Waals surface area contributed by atoms with Crippen LogP contribution in [0.4, 0.5) is 0 Å². The number of fused-ring (bicyclic) bond motifs is 2. The van der Waals surface area contributed by atoms with E-state index in [9.17, 15) is 0 Å². The Kier molecular flexibility index (Phi) is 14.4. The van der Waals surface area contributed by atoms with E-state index in [1.165, 1.54) is 49.8 Å². The van der Waals surface area contributed by atoms with Gasteiger partial charge in [0, 0.05) is 10.6 Å². The van der Waals surface area contributed by atoms with Gasteiger partial charge in [0.1, 0.15) is 0 Å². The Morgan fingerprint density at radius 3 is 0.936 bits per heavy atom. The number of benzene rings is 2. The van der Waals surface area contributed by atoms with Gasteiger partial charge in [0.05, 0.1) is 32.3 Å². The second kappa shape index (κ2) is 15.8. The topological polar surface area (TPSA) is 0 Å². The average Bonchev–Trinajstić information content (AvgIpc) is 3.67. The molecule has 0 unspecified atom stereocenters. The third-order valence-corrected chi connectivity index (χ3v) is 23.2. The van der Waals surface area contributed by atoms with Crippen LogP contribution in [-0.4, -0.2) is 42.1 Å². The first kappa shape index (κ1) is 42.7. The van der Waals surface area contributed by atoms with Crippen molar-refractivity contribution in [2.24, 2.45) is 0 Å². The van der Waals surface area contributed by atoms with Gasteiger partial charge in [-0.05, 0) is 65.8 Å². The van der Waals surface area contributed by atoms with E-state index in [2.05, 4.69) is 164 Å². The maximum Gasteiger partial charge on any atom is 2.00 e. The van der Waals surface area contributed by atoms with Crippen LogP contribution in [0, 0.1) is 0 Å². The molecule has 0 N–H and O–H groups in total. The van der Waals surface area contributed by atoms with Gasteiger partial charge in [0.15, 0.2) is 0 Å². The molecule has 0 amide bonds. The van der Waals surface area contributed by atoms with Gasteiger partial charge in [0.25, 0.3) is 0 Å². The van der Waals surface area contributed by atoms with Crippen LogP contribution in [0.2, 0.25) is 78.6 Å². The van der Waals surface area contributed by atoms with Crippen molar-refractivity contribution in [2.45, 2.75) is 78.6 Å². The van der Waals surface area contributed by atoms with Crippen LogP contribution in [-0.2, 0) is 26.2 Å². The van der Waals surface area contributed by atoms with E-state index in [-0.39, 0.29) is 51.0 Å². The van der Waals surface area contributed by atoms with Crippen LogP contribution in [0.5, 0.6) is 0 Å². The molecule has 246 valence electrons. The number of hydrogen-bond acceptors (Lipinski definition) is 0. The van der Waals surface area contributed by atoms with Crippen LogP contribution in [0.25, 0.3) is 11.1 Å². The molecule has 0 bridgehead atoms. The largest absolute Gasteiger partial charge is 2.00 e. The molecular weight excluding hydrogens is 793 g/mol. The standard InChI is InChI=1S/2C19H25PSi2.2ClH.Zr/c2*1-21(2,3)17-12-15(14-10-8-7-9-11-14)16-13-18(20-19(16)17)22(4,5)6;;;/h2*7-13H,1-6H3;2*1H;/q;;;;+2/p-2. The summed E-state index contributed by atoms with van der Waals surface area (Å²) in [6, 6.07) is 21.8. The third kappa shape index (κ3) is 9.46. The van der Waals surface area contributed by atoms with Gasteiger partial charge in [-0.1, -0.05) is 168 Å². The van der Waals surface area contributed by atoms with Crippen LogP contribution in [0.15, 0.2) is 117 Å². The fourth-order valence-corrected chi connectivity index (χ4v) is 17.4. The minimum atomic E-state index is -1.32. The summed E-state index contributed by atoms with van der Waals surface area (Å²) in [5.41, 5.74) is 8.67. The van der Waals surface area contributed by atoms with E-state index in [0.29, 0.717) is 0 Å². The summed E-state index contributed by atoms with van der Waals surface area (Å²) < 4.78 is 0. The number of hydrogen-bond donors (Lipinski definition) is 0. The van der Waals surface area contributed by atoms with Crippen molar-refractivity contribution >= 4 is 69.7 Å². The zero-order chi connectivity index (χ0) is 32.2. The second-order valence-electron chi connectivity index (χ2n) is 16.5. The second-order valence-corrected chi connectivity index (χ2v) is 39.8. The van der Waals surface area contributed by atoms with Gasteiger partial charge >= 0.3 is 26.2 Å². The van der Waals surface area contributed by atoms with Crippen molar-refractivity contribution in [3.63, 3.8) is 0 Å². The fraction of sp³-hybridized carbons (Fsp3) is 0.316. The first-order chi connectivity index (χ1) is 20.4. The Labute approximate surface area is 324 Å². The molecule has 2 heterocycles. The molecule has 0 saturated carbocycles. The summed E-state index contributed by atoms with van der Waals surface area (Å²) in [6.07, 6.45) is 10.0. The van der Waals surface area contributed by atoms with Crippen LogP contribution in [0.3, 0.4) is 0 Å². The van der Waals surface area contributed by atoms with Gasteiger partial charge in [-0.3, -0.25) is 0 Å². The van der Waals surface area contributed by atoms with Gasteiger partial charge in [-0.2, -0.15) is 0 Å². The number of allylic oxidation sites excluding steroid dienone is 12. The average molecular weight is 843 g/mol. The molecule has 4 aliphatic rings. The molecule has 6 rings (SSSR count). The zero-order valence-electron chi connectivity index (χ0n) is 30.2. The van der Waals surface area contributed by atoms with E-state index >= 15 is 0 Å². The van der Waals surface area contributed by atoms with E-state index < -0.39 is 32.3 Å². The molecular formula is C38H50Cl2P2Si4Zr. The predicted molar refractivity (Wildman–Crippen MR) is 216 cm³/mol. The Morgan fingerprint density at radius 1 is 0.383 bits per heavy atom. The van der Waals surface area contributed by atoms with Crippen molar-refractivity contribution in [1.29, 1.82) is 0 Å². The smallest absolute Gasteiger partial charge is 1.00 e. The van der Waals surface area contributed by atoms with E-state index in [1.54, 1.807) is 30.9 Å². The molecule has 0 saturated heterocycles. The van der Waals surface area contributed by atoms with E-state index in [0.717, 1.165) is 0 Å². The Morgan fingerprint density at radius 2 is 0.681 bits per heavy atom. The van der Waals surface area contributed by atoms with Crippen molar-refractivity contribution < 1.29 is 51.0 Å². The molecule has 2 aliphatic carbocycles. The van der Waals surface area contributed by atoms with Crippen LogP contribution < -0.4 is 24.8 Å².